The quantitative estimate of drug-likeness (QED) is 0.777. The summed E-state index contributed by atoms with van der Waals surface area (Å²) in [6.45, 7) is 6.20. The summed E-state index contributed by atoms with van der Waals surface area (Å²) in [5, 5.41) is 5.57. The molecule has 0 saturated carbocycles. The highest BCUT2D eigenvalue weighted by molar-refractivity contribution is 6.00. The molecular formula is C21H26N4O3. The van der Waals surface area contributed by atoms with Crippen molar-refractivity contribution in [3.8, 4) is 0 Å². The molecule has 1 fully saturated rings. The number of carbonyl (C=O) groups excluding carboxylic acids is 2. The number of hydrogen-bond donors (Lipinski definition) is 2. The molecule has 148 valence electrons. The molecule has 2 aromatic rings. The number of rotatable bonds is 5. The van der Waals surface area contributed by atoms with Crippen molar-refractivity contribution < 1.29 is 14.3 Å². The van der Waals surface area contributed by atoms with E-state index in [0.717, 1.165) is 37.6 Å². The lowest BCUT2D eigenvalue weighted by molar-refractivity contribution is 0.0526. The lowest BCUT2D eigenvalue weighted by atomic mass is 10.2. The first-order valence-electron chi connectivity index (χ1n) is 9.44. The summed E-state index contributed by atoms with van der Waals surface area (Å²) in [5.41, 5.74) is 2.93. The van der Waals surface area contributed by atoms with Gasteiger partial charge >= 0.3 is 12.0 Å². The minimum Gasteiger partial charge on any atom is -0.462 e. The van der Waals surface area contributed by atoms with E-state index in [1.165, 1.54) is 0 Å². The van der Waals surface area contributed by atoms with Crippen LogP contribution in [-0.4, -0.2) is 56.7 Å². The highest BCUT2D eigenvalue weighted by Gasteiger charge is 2.14. The molecule has 0 spiro atoms. The van der Waals surface area contributed by atoms with E-state index in [0.29, 0.717) is 17.9 Å². The van der Waals surface area contributed by atoms with E-state index in [1.807, 2.05) is 24.3 Å². The summed E-state index contributed by atoms with van der Waals surface area (Å²) in [6, 6.07) is 14.1. The maximum absolute atomic E-state index is 12.2. The van der Waals surface area contributed by atoms with E-state index in [4.69, 9.17) is 4.74 Å². The molecule has 2 aromatic carbocycles. The lowest BCUT2D eigenvalue weighted by Gasteiger charge is -2.34. The first kappa shape index (κ1) is 19.7. The number of urea groups is 1. The minimum atomic E-state index is -0.376. The van der Waals surface area contributed by atoms with Crippen LogP contribution in [0.5, 0.6) is 0 Å². The number of hydrogen-bond acceptors (Lipinski definition) is 5. The van der Waals surface area contributed by atoms with E-state index >= 15 is 0 Å². The molecular weight excluding hydrogens is 356 g/mol. The molecule has 1 aliphatic rings. The van der Waals surface area contributed by atoms with Crippen molar-refractivity contribution in [2.24, 2.45) is 0 Å². The summed E-state index contributed by atoms with van der Waals surface area (Å²) in [5.74, 6) is -0.376. The molecule has 1 aliphatic heterocycles. The molecule has 3 rings (SSSR count). The van der Waals surface area contributed by atoms with Gasteiger partial charge < -0.3 is 25.2 Å². The van der Waals surface area contributed by atoms with Crippen LogP contribution in [0, 0.1) is 0 Å². The Morgan fingerprint density at radius 1 is 0.893 bits per heavy atom. The van der Waals surface area contributed by atoms with Gasteiger partial charge in [-0.25, -0.2) is 9.59 Å². The largest absolute Gasteiger partial charge is 0.462 e. The van der Waals surface area contributed by atoms with Crippen LogP contribution in [0.1, 0.15) is 17.3 Å². The fourth-order valence-electron chi connectivity index (χ4n) is 3.02. The van der Waals surface area contributed by atoms with Crippen LogP contribution in [0.15, 0.2) is 48.5 Å². The fourth-order valence-corrected chi connectivity index (χ4v) is 3.02. The van der Waals surface area contributed by atoms with Crippen LogP contribution in [0.4, 0.5) is 21.9 Å². The van der Waals surface area contributed by atoms with Crippen LogP contribution < -0.4 is 15.5 Å². The van der Waals surface area contributed by atoms with Crippen molar-refractivity contribution in [3.05, 3.63) is 54.1 Å². The van der Waals surface area contributed by atoms with Crippen molar-refractivity contribution >= 4 is 29.1 Å². The molecule has 0 unspecified atom stereocenters. The second kappa shape index (κ2) is 9.23. The van der Waals surface area contributed by atoms with Crippen molar-refractivity contribution in [3.63, 3.8) is 0 Å². The van der Waals surface area contributed by atoms with E-state index in [1.54, 1.807) is 31.2 Å². The average molecular weight is 382 g/mol. The van der Waals surface area contributed by atoms with Crippen LogP contribution in [0.25, 0.3) is 0 Å². The number of ether oxygens (including phenoxy) is 1. The summed E-state index contributed by atoms with van der Waals surface area (Å²) in [7, 11) is 2.13. The molecule has 0 aromatic heterocycles. The van der Waals surface area contributed by atoms with Gasteiger partial charge in [0.05, 0.1) is 12.2 Å². The third-order valence-corrected chi connectivity index (χ3v) is 4.65. The smallest absolute Gasteiger partial charge is 0.338 e. The number of carbonyl (C=O) groups is 2. The summed E-state index contributed by atoms with van der Waals surface area (Å²) in [4.78, 5) is 28.5. The Morgan fingerprint density at radius 3 is 1.96 bits per heavy atom. The molecule has 0 radical (unpaired) electrons. The Morgan fingerprint density at radius 2 is 1.43 bits per heavy atom. The van der Waals surface area contributed by atoms with Crippen LogP contribution in [0.2, 0.25) is 0 Å². The summed E-state index contributed by atoms with van der Waals surface area (Å²) in [6.07, 6.45) is 0. The third-order valence-electron chi connectivity index (χ3n) is 4.65. The van der Waals surface area contributed by atoms with E-state index in [-0.39, 0.29) is 12.0 Å². The Balaban J connectivity index is 1.52. The molecule has 1 heterocycles. The first-order chi connectivity index (χ1) is 13.5. The highest BCUT2D eigenvalue weighted by Crippen LogP contribution is 2.19. The zero-order valence-corrected chi connectivity index (χ0v) is 16.3. The van der Waals surface area contributed by atoms with Gasteiger partial charge in [0.15, 0.2) is 0 Å². The third kappa shape index (κ3) is 5.23. The number of likely N-dealkylation sites (N-methyl/N-ethyl adjacent to an activating group) is 1. The Hall–Kier alpha value is -3.06. The predicted molar refractivity (Wildman–Crippen MR) is 111 cm³/mol. The molecule has 7 nitrogen and oxygen atoms in total. The molecule has 0 aliphatic carbocycles. The first-order valence-corrected chi connectivity index (χ1v) is 9.44. The summed E-state index contributed by atoms with van der Waals surface area (Å²) >= 11 is 0. The van der Waals surface area contributed by atoms with Gasteiger partial charge in [0.1, 0.15) is 0 Å². The van der Waals surface area contributed by atoms with Gasteiger partial charge in [-0.2, -0.15) is 0 Å². The van der Waals surface area contributed by atoms with Crippen molar-refractivity contribution in [1.29, 1.82) is 0 Å². The Bertz CT molecular complexity index is 797. The van der Waals surface area contributed by atoms with Gasteiger partial charge in [0, 0.05) is 43.2 Å². The molecule has 1 saturated heterocycles. The van der Waals surface area contributed by atoms with Gasteiger partial charge in [0.25, 0.3) is 0 Å². The topological polar surface area (TPSA) is 73.9 Å². The van der Waals surface area contributed by atoms with E-state index in [2.05, 4.69) is 27.5 Å². The Labute approximate surface area is 165 Å². The zero-order valence-electron chi connectivity index (χ0n) is 16.3. The number of esters is 1. The fraction of sp³-hybridized carbons (Fsp3) is 0.333. The van der Waals surface area contributed by atoms with Gasteiger partial charge in [0.2, 0.25) is 0 Å². The normalized spacial score (nSPS) is 14.4. The van der Waals surface area contributed by atoms with Gasteiger partial charge in [-0.1, -0.05) is 0 Å². The standard InChI is InChI=1S/C21H26N4O3/c1-3-28-20(26)16-4-6-17(7-5-16)22-21(27)23-18-8-10-19(11-9-18)25-14-12-24(2)13-15-25/h4-11H,3,12-15H2,1-2H3,(H2,22,23,27). The number of nitrogens with one attached hydrogen (secondary N) is 2. The number of benzene rings is 2. The maximum Gasteiger partial charge on any atom is 0.338 e. The van der Waals surface area contributed by atoms with Gasteiger partial charge in [-0.3, -0.25) is 0 Å². The molecule has 7 heteroatoms. The average Bonchev–Trinajstić information content (AvgIpc) is 2.70. The van der Waals surface area contributed by atoms with E-state index < -0.39 is 0 Å². The predicted octanol–water partition coefficient (Wildman–Crippen LogP) is 3.26. The second-order valence-corrected chi connectivity index (χ2v) is 6.71. The second-order valence-electron chi connectivity index (χ2n) is 6.71. The molecule has 28 heavy (non-hydrogen) atoms. The number of nitrogens with zero attached hydrogens (tertiary/aromatic N) is 2. The van der Waals surface area contributed by atoms with Gasteiger partial charge in [-0.05, 0) is 62.5 Å². The van der Waals surface area contributed by atoms with Crippen molar-refractivity contribution in [2.45, 2.75) is 6.92 Å². The van der Waals surface area contributed by atoms with Crippen LogP contribution in [-0.2, 0) is 4.74 Å². The molecule has 0 bridgehead atoms. The number of anilines is 3. The van der Waals surface area contributed by atoms with E-state index in [9.17, 15) is 9.59 Å². The van der Waals surface area contributed by atoms with Gasteiger partial charge in [-0.15, -0.1) is 0 Å². The molecule has 2 N–H and O–H groups in total. The van der Waals surface area contributed by atoms with Crippen LogP contribution in [0.3, 0.4) is 0 Å². The Kier molecular flexibility index (Phi) is 6.49. The molecule has 2 amide bonds. The zero-order chi connectivity index (χ0) is 19.9. The van der Waals surface area contributed by atoms with Crippen LogP contribution >= 0.6 is 0 Å². The number of amides is 2. The lowest BCUT2D eigenvalue weighted by Crippen LogP contribution is -2.44. The summed E-state index contributed by atoms with van der Waals surface area (Å²) < 4.78 is 4.94. The SMILES string of the molecule is CCOC(=O)c1ccc(NC(=O)Nc2ccc(N3CCN(C)CC3)cc2)cc1. The monoisotopic (exact) mass is 382 g/mol. The molecule has 0 atom stereocenters. The number of piperazine rings is 1. The maximum atomic E-state index is 12.2. The minimum absolute atomic E-state index is 0.328. The highest BCUT2D eigenvalue weighted by atomic mass is 16.5. The van der Waals surface area contributed by atoms with Crippen molar-refractivity contribution in [2.75, 3.05) is 55.4 Å². The van der Waals surface area contributed by atoms with Crippen molar-refractivity contribution in [1.82, 2.24) is 4.90 Å².